The third-order valence-corrected chi connectivity index (χ3v) is 4.14. The lowest BCUT2D eigenvalue weighted by atomic mass is 10.0. The van der Waals surface area contributed by atoms with E-state index in [2.05, 4.69) is 10.4 Å². The van der Waals surface area contributed by atoms with Crippen molar-refractivity contribution >= 4 is 5.91 Å². The van der Waals surface area contributed by atoms with E-state index in [4.69, 9.17) is 4.74 Å². The van der Waals surface area contributed by atoms with Gasteiger partial charge in [0.15, 0.2) is 0 Å². The Kier molecular flexibility index (Phi) is 3.93. The average molecular weight is 337 g/mol. The van der Waals surface area contributed by atoms with Crippen molar-refractivity contribution in [1.29, 1.82) is 0 Å². The zero-order valence-corrected chi connectivity index (χ0v) is 13.4. The summed E-state index contributed by atoms with van der Waals surface area (Å²) in [6.07, 6.45) is 1.73. The third-order valence-electron chi connectivity index (χ3n) is 4.14. The molecule has 1 aliphatic rings. The van der Waals surface area contributed by atoms with Crippen LogP contribution in [-0.2, 0) is 24.5 Å². The van der Waals surface area contributed by atoms with E-state index in [9.17, 15) is 9.18 Å². The summed E-state index contributed by atoms with van der Waals surface area (Å²) in [5.41, 5.74) is 3.66. The summed E-state index contributed by atoms with van der Waals surface area (Å²) < 4.78 is 20.3. The molecule has 1 aromatic heterocycles. The van der Waals surface area contributed by atoms with Crippen LogP contribution in [0.3, 0.4) is 0 Å². The number of fused-ring (bicyclic) bond motifs is 3. The van der Waals surface area contributed by atoms with Gasteiger partial charge in [-0.25, -0.2) is 4.39 Å². The standard InChI is InChI=1S/C19H16FN3O2/c20-15-7-5-13(6-8-15)9-21-18(24)11-23-19-14(10-22-23)12-25-17-4-2-1-3-16(17)19/h1-8,10H,9,11-12H2,(H,21,24). The average Bonchev–Trinajstić information content (AvgIpc) is 3.04. The molecule has 0 saturated carbocycles. The van der Waals surface area contributed by atoms with Crippen molar-refractivity contribution in [3.63, 3.8) is 0 Å². The van der Waals surface area contributed by atoms with Crippen LogP contribution in [0.15, 0.2) is 54.7 Å². The van der Waals surface area contributed by atoms with Crippen LogP contribution in [0.1, 0.15) is 11.1 Å². The molecule has 0 aliphatic carbocycles. The van der Waals surface area contributed by atoms with Gasteiger partial charge in [-0.1, -0.05) is 24.3 Å². The van der Waals surface area contributed by atoms with E-state index in [-0.39, 0.29) is 18.3 Å². The number of hydrogen-bond donors (Lipinski definition) is 1. The zero-order chi connectivity index (χ0) is 17.2. The molecule has 1 N–H and O–H groups in total. The number of benzene rings is 2. The molecule has 0 unspecified atom stereocenters. The van der Waals surface area contributed by atoms with Crippen LogP contribution in [0.25, 0.3) is 11.3 Å². The fourth-order valence-corrected chi connectivity index (χ4v) is 2.90. The molecule has 126 valence electrons. The maximum atomic E-state index is 12.9. The molecule has 6 heteroatoms. The minimum Gasteiger partial charge on any atom is -0.488 e. The van der Waals surface area contributed by atoms with E-state index in [0.29, 0.717) is 13.2 Å². The highest BCUT2D eigenvalue weighted by atomic mass is 19.1. The fourth-order valence-electron chi connectivity index (χ4n) is 2.90. The number of carbonyl (C=O) groups excluding carboxylic acids is 1. The zero-order valence-electron chi connectivity index (χ0n) is 13.4. The number of nitrogens with one attached hydrogen (secondary N) is 1. The fraction of sp³-hybridized carbons (Fsp3) is 0.158. The molecule has 0 radical (unpaired) electrons. The van der Waals surface area contributed by atoms with Crippen molar-refractivity contribution in [2.24, 2.45) is 0 Å². The van der Waals surface area contributed by atoms with Crippen LogP contribution in [0.5, 0.6) is 5.75 Å². The predicted molar refractivity (Wildman–Crippen MR) is 90.2 cm³/mol. The van der Waals surface area contributed by atoms with Gasteiger partial charge in [0.25, 0.3) is 0 Å². The van der Waals surface area contributed by atoms with Crippen LogP contribution in [0.4, 0.5) is 4.39 Å². The lowest BCUT2D eigenvalue weighted by Gasteiger charge is -2.19. The van der Waals surface area contributed by atoms with Crippen LogP contribution in [-0.4, -0.2) is 15.7 Å². The molecule has 0 spiro atoms. The van der Waals surface area contributed by atoms with Gasteiger partial charge in [-0.05, 0) is 29.8 Å². The van der Waals surface area contributed by atoms with Crippen molar-refractivity contribution < 1.29 is 13.9 Å². The molecule has 0 atom stereocenters. The summed E-state index contributed by atoms with van der Waals surface area (Å²) in [7, 11) is 0. The first-order valence-electron chi connectivity index (χ1n) is 7.99. The Morgan fingerprint density at radius 3 is 2.84 bits per heavy atom. The number of nitrogens with zero attached hydrogens (tertiary/aromatic N) is 2. The Hall–Kier alpha value is -3.15. The van der Waals surface area contributed by atoms with Gasteiger partial charge >= 0.3 is 0 Å². The molecule has 0 saturated heterocycles. The number of hydrogen-bond acceptors (Lipinski definition) is 3. The topological polar surface area (TPSA) is 56.2 Å². The van der Waals surface area contributed by atoms with Gasteiger partial charge in [-0.2, -0.15) is 5.10 Å². The van der Waals surface area contributed by atoms with Gasteiger partial charge in [-0.3, -0.25) is 9.48 Å². The minimum atomic E-state index is -0.292. The Morgan fingerprint density at radius 2 is 2.00 bits per heavy atom. The molecule has 4 rings (SSSR count). The van der Waals surface area contributed by atoms with Crippen LogP contribution in [0, 0.1) is 5.82 Å². The molecule has 2 aromatic carbocycles. The Morgan fingerprint density at radius 1 is 1.20 bits per heavy atom. The smallest absolute Gasteiger partial charge is 0.242 e. The maximum absolute atomic E-state index is 12.9. The van der Waals surface area contributed by atoms with Crippen molar-refractivity contribution in [3.8, 4) is 17.0 Å². The second-order valence-electron chi connectivity index (χ2n) is 5.86. The summed E-state index contributed by atoms with van der Waals surface area (Å²) in [5, 5.41) is 7.16. The van der Waals surface area contributed by atoms with Gasteiger partial charge < -0.3 is 10.1 Å². The summed E-state index contributed by atoms with van der Waals surface area (Å²) in [6.45, 7) is 0.913. The Bertz CT molecular complexity index is 919. The molecule has 1 amide bonds. The molecular formula is C19H16FN3O2. The number of aromatic nitrogens is 2. The third kappa shape index (κ3) is 3.10. The molecule has 1 aliphatic heterocycles. The van der Waals surface area contributed by atoms with Gasteiger partial charge in [-0.15, -0.1) is 0 Å². The largest absolute Gasteiger partial charge is 0.488 e. The number of amides is 1. The highest BCUT2D eigenvalue weighted by Gasteiger charge is 2.22. The van der Waals surface area contributed by atoms with Crippen LogP contribution < -0.4 is 10.1 Å². The lowest BCUT2D eigenvalue weighted by molar-refractivity contribution is -0.122. The SMILES string of the molecule is O=C(Cn1ncc2c1-c1ccccc1OC2)NCc1ccc(F)cc1. The monoisotopic (exact) mass is 337 g/mol. The van der Waals surface area contributed by atoms with Crippen molar-refractivity contribution in [2.75, 3.05) is 0 Å². The number of ether oxygens (including phenoxy) is 1. The van der Waals surface area contributed by atoms with Gasteiger partial charge in [0, 0.05) is 17.7 Å². The van der Waals surface area contributed by atoms with E-state index in [0.717, 1.165) is 28.1 Å². The number of rotatable bonds is 4. The summed E-state index contributed by atoms with van der Waals surface area (Å²) >= 11 is 0. The van der Waals surface area contributed by atoms with Crippen molar-refractivity contribution in [1.82, 2.24) is 15.1 Å². The van der Waals surface area contributed by atoms with Gasteiger partial charge in [0.05, 0.1) is 11.9 Å². The van der Waals surface area contributed by atoms with E-state index < -0.39 is 0 Å². The molecule has 3 aromatic rings. The van der Waals surface area contributed by atoms with E-state index in [1.807, 2.05) is 24.3 Å². The molecular weight excluding hydrogens is 321 g/mol. The predicted octanol–water partition coefficient (Wildman–Crippen LogP) is 2.90. The molecule has 5 nitrogen and oxygen atoms in total. The minimum absolute atomic E-state index is 0.116. The van der Waals surface area contributed by atoms with Crippen molar-refractivity contribution in [2.45, 2.75) is 19.7 Å². The molecule has 0 fully saturated rings. The van der Waals surface area contributed by atoms with E-state index in [1.54, 1.807) is 23.0 Å². The second-order valence-corrected chi connectivity index (χ2v) is 5.86. The Labute approximate surface area is 144 Å². The summed E-state index contributed by atoms with van der Waals surface area (Å²) in [6, 6.07) is 13.8. The van der Waals surface area contributed by atoms with E-state index in [1.165, 1.54) is 12.1 Å². The Balaban J connectivity index is 1.48. The van der Waals surface area contributed by atoms with E-state index >= 15 is 0 Å². The normalized spacial score (nSPS) is 12.0. The molecule has 0 bridgehead atoms. The first-order valence-corrected chi connectivity index (χ1v) is 7.99. The number of halogens is 1. The first-order chi connectivity index (χ1) is 12.2. The van der Waals surface area contributed by atoms with Gasteiger partial charge in [0.1, 0.15) is 24.7 Å². The molecule has 2 heterocycles. The van der Waals surface area contributed by atoms with Crippen LogP contribution in [0.2, 0.25) is 0 Å². The quantitative estimate of drug-likeness (QED) is 0.796. The second kappa shape index (κ2) is 6.39. The van der Waals surface area contributed by atoms with Crippen molar-refractivity contribution in [3.05, 3.63) is 71.7 Å². The molecule has 25 heavy (non-hydrogen) atoms. The van der Waals surface area contributed by atoms with Gasteiger partial charge in [0.2, 0.25) is 5.91 Å². The highest BCUT2D eigenvalue weighted by molar-refractivity contribution is 5.78. The number of para-hydroxylation sites is 1. The first kappa shape index (κ1) is 15.4. The number of carbonyl (C=O) groups is 1. The summed E-state index contributed by atoms with van der Waals surface area (Å²) in [4.78, 5) is 12.3. The lowest BCUT2D eigenvalue weighted by Crippen LogP contribution is -2.28. The summed E-state index contributed by atoms with van der Waals surface area (Å²) in [5.74, 6) is 0.349. The maximum Gasteiger partial charge on any atom is 0.242 e. The highest BCUT2D eigenvalue weighted by Crippen LogP contribution is 2.36. The van der Waals surface area contributed by atoms with Crippen LogP contribution >= 0.6 is 0 Å².